The zero-order chi connectivity index (χ0) is 45.0. The Kier molecular flexibility index (Phi) is 15.1. The molecule has 14 heteroatoms. The van der Waals surface area contributed by atoms with Crippen LogP contribution < -0.4 is 29.0 Å². The molecular formula is C46H66N4O8Si2. The zero-order valence-corrected chi connectivity index (χ0v) is 40.4. The van der Waals surface area contributed by atoms with Crippen molar-refractivity contribution >= 4 is 50.8 Å². The van der Waals surface area contributed by atoms with E-state index < -0.39 is 26.5 Å². The van der Waals surface area contributed by atoms with Crippen molar-refractivity contribution in [1.82, 2.24) is 0 Å². The average molecular weight is 859 g/mol. The maximum Gasteiger partial charge on any atom is 0.312 e. The van der Waals surface area contributed by atoms with Crippen molar-refractivity contribution in [3.05, 3.63) is 92.0 Å². The third kappa shape index (κ3) is 9.44. The van der Waals surface area contributed by atoms with Gasteiger partial charge in [0.2, 0.25) is 0 Å². The summed E-state index contributed by atoms with van der Waals surface area (Å²) in [6, 6.07) is 17.8. The summed E-state index contributed by atoms with van der Waals surface area (Å²) in [5, 5.41) is 31.4. The summed E-state index contributed by atoms with van der Waals surface area (Å²) in [6.45, 7) is 31.0. The van der Waals surface area contributed by atoms with Gasteiger partial charge in [0.15, 0.2) is 11.5 Å². The normalized spacial score (nSPS) is 12.2. The predicted octanol–water partition coefficient (Wildman–Crippen LogP) is 14.4. The fraction of sp³-hybridized carbons (Fsp3) is 0.478. The molecule has 60 heavy (non-hydrogen) atoms. The molecule has 4 rings (SSSR count). The lowest BCUT2D eigenvalue weighted by atomic mass is 9.96. The van der Waals surface area contributed by atoms with Crippen LogP contribution in [-0.4, -0.2) is 40.7 Å². The van der Waals surface area contributed by atoms with Gasteiger partial charge in [-0.3, -0.25) is 20.2 Å². The minimum atomic E-state index is -2.42. The third-order valence-corrected chi connectivity index (χ3v) is 24.2. The van der Waals surface area contributed by atoms with Crippen LogP contribution in [0.25, 0.3) is 11.1 Å². The van der Waals surface area contributed by atoms with Crippen LogP contribution >= 0.6 is 0 Å². The Labute approximate surface area is 358 Å². The minimum Gasteiger partial charge on any atom is -0.542 e. The molecule has 0 amide bonds. The third-order valence-electron chi connectivity index (χ3n) is 12.2. The molecular weight excluding hydrogens is 793 g/mol. The molecule has 12 nitrogen and oxygen atoms in total. The maximum absolute atomic E-state index is 12.2. The van der Waals surface area contributed by atoms with E-state index in [0.717, 1.165) is 33.8 Å². The molecule has 0 saturated heterocycles. The summed E-state index contributed by atoms with van der Waals surface area (Å²) < 4.78 is 25.2. The summed E-state index contributed by atoms with van der Waals surface area (Å²) in [6.07, 6.45) is 0. The number of nitrogens with zero attached hydrogens (tertiary/aromatic N) is 2. The molecule has 0 bridgehead atoms. The number of methoxy groups -OCH3 is 2. The Morgan fingerprint density at radius 3 is 1.03 bits per heavy atom. The lowest BCUT2D eigenvalue weighted by Crippen LogP contribution is -2.50. The van der Waals surface area contributed by atoms with Gasteiger partial charge in [0.05, 0.1) is 35.4 Å². The SMILES string of the molecule is COc1ccc(Nc2cc(O[Si](C(C)C)(C(C)C)C(C)C)c(C)cc2-c2cc(C)c(O[Si](C(C)C)(C(C)C)C(C)C)cc2Nc2ccc(OC)c([N+](=O)[O-])c2)cc1[N+](=O)[O-]. The summed E-state index contributed by atoms with van der Waals surface area (Å²) in [5.41, 5.74) is 7.22. The van der Waals surface area contributed by atoms with Crippen molar-refractivity contribution in [1.29, 1.82) is 0 Å². The van der Waals surface area contributed by atoms with Gasteiger partial charge in [-0.05, 0) is 94.6 Å². The van der Waals surface area contributed by atoms with Crippen LogP contribution in [0.5, 0.6) is 23.0 Å². The van der Waals surface area contributed by atoms with Crippen LogP contribution in [0.3, 0.4) is 0 Å². The smallest absolute Gasteiger partial charge is 0.312 e. The van der Waals surface area contributed by atoms with E-state index in [1.165, 1.54) is 26.4 Å². The maximum atomic E-state index is 12.2. The van der Waals surface area contributed by atoms with Gasteiger partial charge in [0.25, 0.3) is 16.6 Å². The van der Waals surface area contributed by atoms with Crippen LogP contribution in [0.1, 0.15) is 94.2 Å². The molecule has 0 unspecified atom stereocenters. The summed E-state index contributed by atoms with van der Waals surface area (Å²) >= 11 is 0. The van der Waals surface area contributed by atoms with Gasteiger partial charge in [0.1, 0.15) is 11.5 Å². The zero-order valence-electron chi connectivity index (χ0n) is 38.4. The predicted molar refractivity (Wildman–Crippen MR) is 251 cm³/mol. The van der Waals surface area contributed by atoms with Crippen LogP contribution in [-0.2, 0) is 0 Å². The highest BCUT2D eigenvalue weighted by Crippen LogP contribution is 2.49. The molecule has 0 fully saturated rings. The first kappa shape index (κ1) is 47.6. The monoisotopic (exact) mass is 858 g/mol. The van der Waals surface area contributed by atoms with Crippen molar-refractivity contribution in [2.24, 2.45) is 0 Å². The largest absolute Gasteiger partial charge is 0.542 e. The molecule has 0 radical (unpaired) electrons. The first-order valence-corrected chi connectivity index (χ1v) is 25.2. The number of aryl methyl sites for hydroxylation is 2. The molecule has 0 aliphatic rings. The van der Waals surface area contributed by atoms with Gasteiger partial charge in [0, 0.05) is 46.8 Å². The topological polar surface area (TPSA) is 147 Å². The second kappa shape index (κ2) is 19.1. The Hall–Kier alpha value is -5.09. The number of hydrogen-bond donors (Lipinski definition) is 2. The van der Waals surface area contributed by atoms with Crippen LogP contribution in [0, 0.1) is 34.1 Å². The number of anilines is 4. The molecule has 0 atom stereocenters. The van der Waals surface area contributed by atoms with E-state index in [2.05, 4.69) is 106 Å². The highest BCUT2D eigenvalue weighted by atomic mass is 28.4. The number of ether oxygens (including phenoxy) is 2. The van der Waals surface area contributed by atoms with Crippen LogP contribution in [0.15, 0.2) is 60.7 Å². The number of rotatable bonds is 19. The standard InChI is InChI=1S/C46H66N4O8Si2/c1-27(2)59(28(3)4,29(5)6)57-45-25-39(47-35-17-19-43(55-15)41(23-35)49(51)52)37(21-33(45)13)38-22-34(14)46(58-60(30(7)8,31(9)10)32(11)12)26-40(38)48-36-18-20-44(56-16)42(24-36)50(53)54/h17-32,47-48H,1-16H3. The van der Waals surface area contributed by atoms with Crippen molar-refractivity contribution < 1.29 is 28.2 Å². The van der Waals surface area contributed by atoms with E-state index in [4.69, 9.17) is 18.3 Å². The highest BCUT2D eigenvalue weighted by molar-refractivity contribution is 6.78. The van der Waals surface area contributed by atoms with Crippen LogP contribution in [0.2, 0.25) is 33.2 Å². The summed E-state index contributed by atoms with van der Waals surface area (Å²) in [4.78, 5) is 23.4. The van der Waals surface area contributed by atoms with E-state index in [9.17, 15) is 20.2 Å². The molecule has 0 spiro atoms. The minimum absolute atomic E-state index is 0.149. The molecule has 4 aromatic carbocycles. The quantitative estimate of drug-likeness (QED) is 0.0530. The van der Waals surface area contributed by atoms with Crippen molar-refractivity contribution in [2.45, 2.75) is 130 Å². The fourth-order valence-corrected chi connectivity index (χ4v) is 20.1. The first-order chi connectivity index (χ1) is 28.0. The van der Waals surface area contributed by atoms with E-state index in [-0.39, 0.29) is 22.9 Å². The number of nitro groups is 2. The second-order valence-electron chi connectivity index (χ2n) is 17.7. The Morgan fingerprint density at radius 1 is 0.483 bits per heavy atom. The molecule has 0 aliphatic carbocycles. The number of benzene rings is 4. The van der Waals surface area contributed by atoms with Crippen molar-refractivity contribution in [3.63, 3.8) is 0 Å². The molecule has 2 N–H and O–H groups in total. The van der Waals surface area contributed by atoms with E-state index in [0.29, 0.717) is 56.0 Å². The number of nitro benzene ring substituents is 2. The number of nitrogens with one attached hydrogen (secondary N) is 2. The van der Waals surface area contributed by atoms with E-state index in [1.54, 1.807) is 24.3 Å². The number of hydrogen-bond acceptors (Lipinski definition) is 10. The Bertz CT molecular complexity index is 1990. The molecule has 0 saturated carbocycles. The molecule has 0 aliphatic heterocycles. The van der Waals surface area contributed by atoms with Gasteiger partial charge >= 0.3 is 11.4 Å². The fourth-order valence-electron chi connectivity index (χ4n) is 9.47. The molecule has 4 aromatic rings. The lowest BCUT2D eigenvalue weighted by molar-refractivity contribution is -0.385. The van der Waals surface area contributed by atoms with Crippen molar-refractivity contribution in [3.8, 4) is 34.1 Å². The summed E-state index contributed by atoms with van der Waals surface area (Å²) in [7, 11) is -2.04. The Morgan fingerprint density at radius 2 is 0.783 bits per heavy atom. The first-order valence-electron chi connectivity index (χ1n) is 20.9. The van der Waals surface area contributed by atoms with Gasteiger partial charge in [-0.15, -0.1) is 0 Å². The lowest BCUT2D eigenvalue weighted by Gasteiger charge is -2.43. The molecule has 326 valence electrons. The van der Waals surface area contributed by atoms with E-state index in [1.807, 2.05) is 26.0 Å². The van der Waals surface area contributed by atoms with Crippen LogP contribution in [0.4, 0.5) is 34.1 Å². The van der Waals surface area contributed by atoms with Gasteiger partial charge < -0.3 is 29.0 Å². The van der Waals surface area contributed by atoms with Gasteiger partial charge in [-0.25, -0.2) is 0 Å². The summed E-state index contributed by atoms with van der Waals surface area (Å²) in [5.74, 6) is 1.78. The highest BCUT2D eigenvalue weighted by Gasteiger charge is 2.48. The van der Waals surface area contributed by atoms with Crippen molar-refractivity contribution in [2.75, 3.05) is 24.9 Å². The molecule has 0 heterocycles. The molecule has 0 aromatic heterocycles. The van der Waals surface area contributed by atoms with Gasteiger partial charge in [-0.2, -0.15) is 0 Å². The Balaban J connectivity index is 2.11. The second-order valence-corrected chi connectivity index (χ2v) is 28.5. The van der Waals surface area contributed by atoms with E-state index >= 15 is 0 Å². The van der Waals surface area contributed by atoms with Gasteiger partial charge in [-0.1, -0.05) is 83.1 Å². The average Bonchev–Trinajstić information content (AvgIpc) is 3.16.